The molecule has 3 N–H and O–H groups in total. The van der Waals surface area contributed by atoms with Crippen molar-refractivity contribution in [1.82, 2.24) is 35.0 Å². The summed E-state index contributed by atoms with van der Waals surface area (Å²) in [7, 11) is 0. The minimum Gasteiger partial charge on any atom is -0.365 e. The van der Waals surface area contributed by atoms with Crippen LogP contribution < -0.4 is 21.3 Å². The molecule has 1 aliphatic heterocycles. The lowest BCUT2D eigenvalue weighted by Gasteiger charge is -2.39. The number of nitrogens with one attached hydrogen (secondary N) is 3. The molecule has 1 saturated heterocycles. The molecule has 0 unspecified atom stereocenters. The zero-order valence-electron chi connectivity index (χ0n) is 23.0. The highest BCUT2D eigenvalue weighted by Crippen LogP contribution is 2.37. The minimum absolute atomic E-state index is 0.220. The van der Waals surface area contributed by atoms with Crippen molar-refractivity contribution in [1.29, 1.82) is 0 Å². The molecule has 6 rings (SSSR count). The van der Waals surface area contributed by atoms with Crippen molar-refractivity contribution in [3.63, 3.8) is 0 Å². The van der Waals surface area contributed by atoms with Crippen molar-refractivity contribution >= 4 is 22.9 Å². The molecule has 0 amide bonds. The van der Waals surface area contributed by atoms with Gasteiger partial charge in [0.15, 0.2) is 11.5 Å². The molecule has 4 heterocycles. The molecule has 38 heavy (non-hydrogen) atoms. The van der Waals surface area contributed by atoms with Gasteiger partial charge in [-0.1, -0.05) is 31.3 Å². The van der Waals surface area contributed by atoms with Crippen LogP contribution in [0.15, 0.2) is 9.32 Å². The van der Waals surface area contributed by atoms with E-state index in [2.05, 4.69) is 57.9 Å². The van der Waals surface area contributed by atoms with E-state index < -0.39 is 5.76 Å². The fourth-order valence-electron chi connectivity index (χ4n) is 6.29. The number of H-pyrrole nitrogens is 1. The molecular weight excluding hydrogens is 482 g/mol. The van der Waals surface area contributed by atoms with Crippen molar-refractivity contribution in [3.05, 3.63) is 10.6 Å². The second kappa shape index (κ2) is 10.3. The maximum atomic E-state index is 11.7. The molecule has 0 radical (unpaired) electrons. The van der Waals surface area contributed by atoms with E-state index in [0.717, 1.165) is 42.8 Å². The summed E-state index contributed by atoms with van der Waals surface area (Å²) in [4.78, 5) is 31.6. The Kier molecular flexibility index (Phi) is 6.88. The Morgan fingerprint density at radius 1 is 1.08 bits per heavy atom. The van der Waals surface area contributed by atoms with Crippen LogP contribution in [0.25, 0.3) is 22.8 Å². The number of hydrogen-bond acceptors (Lipinski definition) is 9. The first-order chi connectivity index (χ1) is 18.4. The van der Waals surface area contributed by atoms with Crippen LogP contribution in [0.2, 0.25) is 0 Å². The summed E-state index contributed by atoms with van der Waals surface area (Å²) >= 11 is 0. The average molecular weight is 524 g/mol. The molecule has 2 aliphatic carbocycles. The van der Waals surface area contributed by atoms with Gasteiger partial charge < -0.3 is 20.1 Å². The van der Waals surface area contributed by atoms with Crippen molar-refractivity contribution in [2.45, 2.75) is 97.3 Å². The molecule has 3 fully saturated rings. The fraction of sp³-hybridized carbons (Fsp3) is 0.741. The average Bonchev–Trinajstić information content (AvgIpc) is 3.44. The lowest BCUT2D eigenvalue weighted by atomic mass is 9.80. The van der Waals surface area contributed by atoms with Crippen molar-refractivity contribution in [2.75, 3.05) is 23.3 Å². The maximum Gasteiger partial charge on any atom is 0.439 e. The number of aromatic nitrogens is 6. The van der Waals surface area contributed by atoms with E-state index in [-0.39, 0.29) is 11.9 Å². The van der Waals surface area contributed by atoms with Gasteiger partial charge >= 0.3 is 5.76 Å². The van der Waals surface area contributed by atoms with Gasteiger partial charge in [0.05, 0.1) is 0 Å². The van der Waals surface area contributed by atoms with Crippen LogP contribution in [-0.2, 0) is 6.54 Å². The summed E-state index contributed by atoms with van der Waals surface area (Å²) < 4.78 is 7.16. The number of imidazole rings is 1. The SMILES string of the molecule is CC1CCC(Cn2c(N3C[C@H](C)NC[C@H]3C)nc3nc(-c4noc(=O)[nH]4)nc(N[C@H](C)C4CCC4)c32)CC1. The van der Waals surface area contributed by atoms with E-state index in [1.54, 1.807) is 0 Å². The molecule has 3 aliphatic rings. The van der Waals surface area contributed by atoms with E-state index in [1.807, 2.05) is 0 Å². The Balaban J connectivity index is 1.49. The van der Waals surface area contributed by atoms with E-state index in [1.165, 1.54) is 44.9 Å². The fourth-order valence-corrected chi connectivity index (χ4v) is 6.29. The Labute approximate surface area is 223 Å². The molecule has 11 heteroatoms. The van der Waals surface area contributed by atoms with E-state index in [0.29, 0.717) is 35.4 Å². The first-order valence-electron chi connectivity index (χ1n) is 14.5. The Bertz CT molecular complexity index is 1320. The van der Waals surface area contributed by atoms with Gasteiger partial charge in [0.2, 0.25) is 17.6 Å². The van der Waals surface area contributed by atoms with Gasteiger partial charge in [0.25, 0.3) is 0 Å². The number of rotatable bonds is 7. The highest BCUT2D eigenvalue weighted by molar-refractivity contribution is 5.87. The second-order valence-corrected chi connectivity index (χ2v) is 12.1. The van der Waals surface area contributed by atoms with Crippen LogP contribution in [-0.4, -0.2) is 60.9 Å². The second-order valence-electron chi connectivity index (χ2n) is 12.1. The summed E-state index contributed by atoms with van der Waals surface area (Å²) in [6, 6.07) is 0.942. The standard InChI is InChI=1S/C27H41N9O2/c1-15-8-10-19(11-9-15)14-36-21-22(29-18(4)20-6-5-7-20)30-24(25-33-27(37)38-34-25)31-23(21)32-26(36)35-13-16(2)28-12-17(35)3/h15-20,28H,5-14H2,1-4H3,(H,29,30,31)(H,33,34,37)/t15?,16-,17+,18+,19?/m0/s1. The molecular formula is C27H41N9O2. The van der Waals surface area contributed by atoms with Gasteiger partial charge in [-0.2, -0.15) is 4.98 Å². The van der Waals surface area contributed by atoms with Gasteiger partial charge in [-0.05, 0) is 64.2 Å². The molecule has 11 nitrogen and oxygen atoms in total. The molecule has 0 aromatic carbocycles. The van der Waals surface area contributed by atoms with Gasteiger partial charge in [0.1, 0.15) is 5.52 Å². The van der Waals surface area contributed by atoms with Gasteiger partial charge in [-0.15, -0.1) is 0 Å². The summed E-state index contributed by atoms with van der Waals surface area (Å²) in [6.07, 6.45) is 8.75. The third kappa shape index (κ3) is 4.92. The van der Waals surface area contributed by atoms with Crippen molar-refractivity contribution in [3.8, 4) is 11.6 Å². The molecule has 206 valence electrons. The molecule has 3 atom stereocenters. The molecule has 0 bridgehead atoms. The zero-order chi connectivity index (χ0) is 26.4. The van der Waals surface area contributed by atoms with Crippen molar-refractivity contribution < 1.29 is 4.52 Å². The summed E-state index contributed by atoms with van der Waals surface area (Å²) in [6.45, 7) is 11.8. The number of nitrogens with zero attached hydrogens (tertiary/aromatic N) is 6. The Morgan fingerprint density at radius 3 is 2.55 bits per heavy atom. The highest BCUT2D eigenvalue weighted by atomic mass is 16.5. The smallest absolute Gasteiger partial charge is 0.365 e. The topological polar surface area (TPSA) is 130 Å². The summed E-state index contributed by atoms with van der Waals surface area (Å²) in [5.74, 6) is 3.65. The third-order valence-electron chi connectivity index (χ3n) is 9.05. The van der Waals surface area contributed by atoms with Crippen LogP contribution in [0.4, 0.5) is 11.8 Å². The Morgan fingerprint density at radius 2 is 1.87 bits per heavy atom. The predicted octanol–water partition coefficient (Wildman–Crippen LogP) is 3.78. The number of anilines is 2. The van der Waals surface area contributed by atoms with E-state index in [9.17, 15) is 4.79 Å². The monoisotopic (exact) mass is 523 g/mol. The van der Waals surface area contributed by atoms with Gasteiger partial charge in [0, 0.05) is 37.8 Å². The number of aromatic amines is 1. The van der Waals surface area contributed by atoms with E-state index >= 15 is 0 Å². The molecule has 3 aromatic heterocycles. The van der Waals surface area contributed by atoms with Crippen LogP contribution in [0.5, 0.6) is 0 Å². The number of piperazine rings is 1. The van der Waals surface area contributed by atoms with Gasteiger partial charge in [-0.25, -0.2) is 14.8 Å². The summed E-state index contributed by atoms with van der Waals surface area (Å²) in [5.41, 5.74) is 1.57. The first kappa shape index (κ1) is 25.3. The van der Waals surface area contributed by atoms with Crippen LogP contribution in [0.1, 0.15) is 72.6 Å². The maximum absolute atomic E-state index is 11.7. The number of fused-ring (bicyclic) bond motifs is 1. The van der Waals surface area contributed by atoms with Crippen molar-refractivity contribution in [2.24, 2.45) is 17.8 Å². The quantitative estimate of drug-likeness (QED) is 0.423. The van der Waals surface area contributed by atoms with Crippen LogP contribution in [0.3, 0.4) is 0 Å². The van der Waals surface area contributed by atoms with Crippen LogP contribution in [0, 0.1) is 17.8 Å². The van der Waals surface area contributed by atoms with Crippen LogP contribution >= 0.6 is 0 Å². The minimum atomic E-state index is -0.623. The predicted molar refractivity (Wildman–Crippen MR) is 147 cm³/mol. The lowest BCUT2D eigenvalue weighted by molar-refractivity contribution is 0.266. The first-order valence-corrected chi connectivity index (χ1v) is 14.5. The largest absolute Gasteiger partial charge is 0.439 e. The summed E-state index contributed by atoms with van der Waals surface area (Å²) in [5, 5.41) is 11.2. The zero-order valence-corrected chi connectivity index (χ0v) is 23.0. The number of hydrogen-bond donors (Lipinski definition) is 3. The third-order valence-corrected chi connectivity index (χ3v) is 9.05. The normalized spacial score (nSPS) is 27.4. The lowest BCUT2D eigenvalue weighted by Crippen LogP contribution is -2.55. The molecule has 3 aromatic rings. The molecule has 0 spiro atoms. The van der Waals surface area contributed by atoms with E-state index in [4.69, 9.17) is 19.5 Å². The molecule has 2 saturated carbocycles. The Hall–Kier alpha value is -2.95. The highest BCUT2D eigenvalue weighted by Gasteiger charge is 2.32. The van der Waals surface area contributed by atoms with Gasteiger partial charge in [-0.3, -0.25) is 9.51 Å².